The number of imidazole rings is 1. The number of carbonyl (C=O) groups excluding carboxylic acids is 1. The molecule has 1 fully saturated rings. The van der Waals surface area contributed by atoms with Crippen molar-refractivity contribution < 1.29 is 9.18 Å². The number of rotatable bonds is 6. The number of hydrogen-bond acceptors (Lipinski definition) is 5. The van der Waals surface area contributed by atoms with E-state index in [2.05, 4.69) is 29.1 Å². The number of nitrogens with one attached hydrogen (secondary N) is 1. The van der Waals surface area contributed by atoms with Gasteiger partial charge in [-0.3, -0.25) is 19.3 Å². The quantitative estimate of drug-likeness (QED) is 0.760. The molecular weight excluding hydrogens is 395 g/mol. The van der Waals surface area contributed by atoms with Crippen LogP contribution in [0, 0.1) is 0 Å². The number of amides is 1. The molecule has 3 aliphatic rings. The van der Waals surface area contributed by atoms with Gasteiger partial charge in [0.2, 0.25) is 5.91 Å². The Morgan fingerprint density at radius 3 is 2.77 bits per heavy atom. The minimum atomic E-state index is -1.15. The van der Waals surface area contributed by atoms with Crippen LogP contribution in [0.1, 0.15) is 37.7 Å². The molecule has 7 nitrogen and oxygen atoms in total. The number of hydrogen-bond donors (Lipinski definition) is 1. The Bertz CT molecular complexity index is 909. The van der Waals surface area contributed by atoms with Gasteiger partial charge in [-0.2, -0.15) is 0 Å². The fourth-order valence-electron chi connectivity index (χ4n) is 4.27. The fraction of sp³-hybridized carbons (Fsp3) is 0.522. The summed E-state index contributed by atoms with van der Waals surface area (Å²) in [4.78, 5) is 26.1. The molecule has 1 amide bonds. The lowest BCUT2D eigenvalue weighted by atomic mass is 9.95. The monoisotopic (exact) mass is 426 g/mol. The third-order valence-corrected chi connectivity index (χ3v) is 6.36. The number of halogens is 1. The highest BCUT2D eigenvalue weighted by Crippen LogP contribution is 2.33. The van der Waals surface area contributed by atoms with Crippen LogP contribution in [0.15, 0.2) is 35.5 Å². The van der Waals surface area contributed by atoms with Gasteiger partial charge in [0.1, 0.15) is 17.8 Å². The topological polar surface area (TPSA) is 65.8 Å². The van der Waals surface area contributed by atoms with Crippen molar-refractivity contribution in [2.75, 3.05) is 38.0 Å². The predicted octanol–water partition coefficient (Wildman–Crippen LogP) is 2.84. The number of nitrogens with zero attached hydrogens (tertiary/aromatic N) is 5. The summed E-state index contributed by atoms with van der Waals surface area (Å²) in [5.74, 6) is 1.01. The van der Waals surface area contributed by atoms with E-state index in [9.17, 15) is 9.18 Å². The first kappa shape index (κ1) is 21.5. The normalized spacial score (nSPS) is 24.2. The zero-order valence-corrected chi connectivity index (χ0v) is 18.2. The Morgan fingerprint density at radius 1 is 1.26 bits per heavy atom. The Kier molecular flexibility index (Phi) is 6.65. The molecule has 1 aliphatic carbocycles. The SMILES string of the molecule is CCC(C)N1CCN(C(=O)CNc2c(C3C=CC=CC3F)nc3n2C=CN=CC3)CC1. The highest BCUT2D eigenvalue weighted by atomic mass is 19.1. The highest BCUT2D eigenvalue weighted by Gasteiger charge is 2.29. The summed E-state index contributed by atoms with van der Waals surface area (Å²) in [6, 6.07) is 0.542. The molecule has 1 saturated heterocycles. The third-order valence-electron chi connectivity index (χ3n) is 6.36. The van der Waals surface area contributed by atoms with Crippen molar-refractivity contribution >= 4 is 24.1 Å². The van der Waals surface area contributed by atoms with E-state index in [4.69, 9.17) is 4.98 Å². The molecule has 3 unspecified atom stereocenters. The van der Waals surface area contributed by atoms with E-state index in [0.29, 0.717) is 24.0 Å². The summed E-state index contributed by atoms with van der Waals surface area (Å²) in [5, 5.41) is 3.27. The smallest absolute Gasteiger partial charge is 0.242 e. The van der Waals surface area contributed by atoms with Gasteiger partial charge in [0.25, 0.3) is 0 Å². The highest BCUT2D eigenvalue weighted by molar-refractivity contribution is 5.81. The molecular formula is C23H31FN6O. The zero-order chi connectivity index (χ0) is 21.8. The van der Waals surface area contributed by atoms with Crippen LogP contribution in [0.2, 0.25) is 0 Å². The lowest BCUT2D eigenvalue weighted by molar-refractivity contribution is -0.131. The number of aromatic nitrogens is 2. The predicted molar refractivity (Wildman–Crippen MR) is 122 cm³/mol. The van der Waals surface area contributed by atoms with Gasteiger partial charge in [0, 0.05) is 57.3 Å². The maximum atomic E-state index is 14.6. The van der Waals surface area contributed by atoms with Gasteiger partial charge in [-0.1, -0.05) is 25.2 Å². The van der Waals surface area contributed by atoms with Gasteiger partial charge in [-0.15, -0.1) is 0 Å². The number of piperazine rings is 1. The standard InChI is InChI=1S/C23H31FN6O/c1-3-17(2)28-12-14-29(15-13-28)21(31)16-26-23-22(18-6-4-5-7-19(18)24)27-20-8-9-25-10-11-30(20)23/h4-7,9-11,17-19,26H,3,8,12-16H2,1-2H3. The van der Waals surface area contributed by atoms with E-state index < -0.39 is 12.1 Å². The molecule has 166 valence electrons. The van der Waals surface area contributed by atoms with E-state index in [0.717, 1.165) is 38.4 Å². The molecule has 0 spiro atoms. The molecule has 0 aromatic carbocycles. The van der Waals surface area contributed by atoms with E-state index in [1.807, 2.05) is 27.8 Å². The maximum absolute atomic E-state index is 14.6. The minimum absolute atomic E-state index is 0.0510. The van der Waals surface area contributed by atoms with Crippen LogP contribution in [0.25, 0.3) is 6.20 Å². The van der Waals surface area contributed by atoms with E-state index in [1.54, 1.807) is 18.5 Å². The van der Waals surface area contributed by atoms with Gasteiger partial charge < -0.3 is 10.2 Å². The van der Waals surface area contributed by atoms with Crippen molar-refractivity contribution in [2.24, 2.45) is 4.99 Å². The second-order valence-electron chi connectivity index (χ2n) is 8.23. The third kappa shape index (κ3) is 4.63. The van der Waals surface area contributed by atoms with Crippen molar-refractivity contribution in [3.05, 3.63) is 42.0 Å². The molecule has 2 aliphatic heterocycles. The molecule has 1 aromatic rings. The first-order valence-corrected chi connectivity index (χ1v) is 11.1. The maximum Gasteiger partial charge on any atom is 0.242 e. The van der Waals surface area contributed by atoms with E-state index >= 15 is 0 Å². The lowest BCUT2D eigenvalue weighted by Crippen LogP contribution is -2.52. The zero-order valence-electron chi connectivity index (χ0n) is 18.2. The molecule has 1 N–H and O–H groups in total. The molecule has 3 heterocycles. The van der Waals surface area contributed by atoms with Gasteiger partial charge in [-0.05, 0) is 19.4 Å². The number of aliphatic imine (C=N–C) groups is 1. The fourth-order valence-corrected chi connectivity index (χ4v) is 4.27. The van der Waals surface area contributed by atoms with E-state index in [1.165, 1.54) is 6.08 Å². The molecule has 3 atom stereocenters. The largest absolute Gasteiger partial charge is 0.361 e. The molecule has 0 radical (unpaired) electrons. The number of fused-ring (bicyclic) bond motifs is 1. The van der Waals surface area contributed by atoms with E-state index in [-0.39, 0.29) is 12.5 Å². The average molecular weight is 427 g/mol. The average Bonchev–Trinajstić information content (AvgIpc) is 2.97. The van der Waals surface area contributed by atoms with Crippen LogP contribution in [0.3, 0.4) is 0 Å². The van der Waals surface area contributed by atoms with Crippen molar-refractivity contribution in [3.8, 4) is 0 Å². The molecule has 0 saturated carbocycles. The Morgan fingerprint density at radius 2 is 2.03 bits per heavy atom. The van der Waals surface area contributed by atoms with Crippen LogP contribution >= 0.6 is 0 Å². The molecule has 8 heteroatoms. The van der Waals surface area contributed by atoms with Crippen LogP contribution in [-0.2, 0) is 11.2 Å². The second-order valence-corrected chi connectivity index (χ2v) is 8.23. The summed E-state index contributed by atoms with van der Waals surface area (Å²) < 4.78 is 16.5. The molecule has 4 rings (SSSR count). The molecule has 1 aromatic heterocycles. The first-order valence-electron chi connectivity index (χ1n) is 11.1. The number of allylic oxidation sites excluding steroid dienone is 4. The van der Waals surface area contributed by atoms with Crippen molar-refractivity contribution in [1.82, 2.24) is 19.4 Å². The van der Waals surface area contributed by atoms with Gasteiger partial charge >= 0.3 is 0 Å². The lowest BCUT2D eigenvalue weighted by Gasteiger charge is -2.37. The van der Waals surface area contributed by atoms with Crippen LogP contribution in [-0.4, -0.2) is 76.4 Å². The molecule has 0 bridgehead atoms. The summed E-state index contributed by atoms with van der Waals surface area (Å²) >= 11 is 0. The molecule has 31 heavy (non-hydrogen) atoms. The van der Waals surface area contributed by atoms with Gasteiger partial charge in [-0.25, -0.2) is 9.37 Å². The number of carbonyl (C=O) groups is 1. The first-order chi connectivity index (χ1) is 15.1. The summed E-state index contributed by atoms with van der Waals surface area (Å²) in [5.41, 5.74) is 0.623. The Labute approximate surface area is 183 Å². The summed E-state index contributed by atoms with van der Waals surface area (Å²) in [6.45, 7) is 7.84. The second kappa shape index (κ2) is 9.60. The summed E-state index contributed by atoms with van der Waals surface area (Å²) in [6.07, 6.45) is 12.7. The van der Waals surface area contributed by atoms with Crippen molar-refractivity contribution in [3.63, 3.8) is 0 Å². The Balaban J connectivity index is 1.48. The van der Waals surface area contributed by atoms with Crippen LogP contribution in [0.4, 0.5) is 10.2 Å². The summed E-state index contributed by atoms with van der Waals surface area (Å²) in [7, 11) is 0. The van der Waals surface area contributed by atoms with Crippen molar-refractivity contribution in [1.29, 1.82) is 0 Å². The Hall–Kier alpha value is -2.74. The van der Waals surface area contributed by atoms with Crippen molar-refractivity contribution in [2.45, 2.75) is 44.8 Å². The van der Waals surface area contributed by atoms with Crippen LogP contribution in [0.5, 0.6) is 0 Å². The number of alkyl halides is 1. The van der Waals surface area contributed by atoms with Crippen LogP contribution < -0.4 is 5.32 Å². The van der Waals surface area contributed by atoms with Gasteiger partial charge in [0.05, 0.1) is 18.2 Å². The number of anilines is 1. The minimum Gasteiger partial charge on any atom is -0.361 e. The van der Waals surface area contributed by atoms with Gasteiger partial charge in [0.15, 0.2) is 0 Å².